The van der Waals surface area contributed by atoms with E-state index in [1.807, 2.05) is 0 Å². The number of carbonyl (C=O) groups is 1. The summed E-state index contributed by atoms with van der Waals surface area (Å²) in [5, 5.41) is 11.6. The molecule has 2 aliphatic rings. The number of tetrazole rings is 1. The summed E-state index contributed by atoms with van der Waals surface area (Å²) in [6.07, 6.45) is -1.70. The van der Waals surface area contributed by atoms with E-state index in [1.165, 1.54) is 0 Å². The van der Waals surface area contributed by atoms with E-state index in [2.05, 4.69) is 15.5 Å². The summed E-state index contributed by atoms with van der Waals surface area (Å²) in [6.45, 7) is 3.96. The predicted molar refractivity (Wildman–Crippen MR) is 62.3 cm³/mol. The third kappa shape index (κ3) is 2.07. The van der Waals surface area contributed by atoms with Crippen LogP contribution in [0.5, 0.6) is 0 Å². The summed E-state index contributed by atoms with van der Waals surface area (Å²) in [7, 11) is 1.54. The number of rotatable bonds is 3. The van der Waals surface area contributed by atoms with Crippen LogP contribution in [0.1, 0.15) is 25.9 Å². The third-order valence-corrected chi connectivity index (χ3v) is 3.50. The Morgan fingerprint density at radius 1 is 1.45 bits per heavy atom. The van der Waals surface area contributed by atoms with Gasteiger partial charge in [-0.3, -0.25) is 4.79 Å². The molecule has 0 spiro atoms. The first-order valence-corrected chi connectivity index (χ1v) is 6.30. The molecule has 1 saturated heterocycles. The fourth-order valence-electron chi connectivity index (χ4n) is 2.69. The molecule has 110 valence electrons. The molecule has 3 heterocycles. The number of ether oxygens (including phenoxy) is 4. The SMILES string of the molecule is CO[C@@H]1Cc2nnnn2[C@H]2OC(C)(C)O[C@H]2[C@@H]1OC=O. The maximum atomic E-state index is 10.8. The first-order valence-electron chi connectivity index (χ1n) is 6.30. The van der Waals surface area contributed by atoms with Gasteiger partial charge in [0.25, 0.3) is 6.47 Å². The van der Waals surface area contributed by atoms with E-state index in [9.17, 15) is 4.79 Å². The largest absolute Gasteiger partial charge is 0.459 e. The molecular weight excluding hydrogens is 268 g/mol. The highest BCUT2D eigenvalue weighted by molar-refractivity contribution is 5.38. The summed E-state index contributed by atoms with van der Waals surface area (Å²) in [6, 6.07) is 0. The normalized spacial score (nSPS) is 35.0. The van der Waals surface area contributed by atoms with E-state index in [-0.39, 0.29) is 0 Å². The van der Waals surface area contributed by atoms with Gasteiger partial charge >= 0.3 is 0 Å². The van der Waals surface area contributed by atoms with E-state index in [1.54, 1.807) is 25.6 Å². The number of hydrogen-bond donors (Lipinski definition) is 0. The Labute approximate surface area is 115 Å². The summed E-state index contributed by atoms with van der Waals surface area (Å²) in [4.78, 5) is 10.8. The van der Waals surface area contributed by atoms with Crippen LogP contribution in [0.2, 0.25) is 0 Å². The zero-order chi connectivity index (χ0) is 14.3. The quantitative estimate of drug-likeness (QED) is 0.681. The number of carbonyl (C=O) groups excluding carboxylic acids is 1. The van der Waals surface area contributed by atoms with Crippen molar-refractivity contribution in [3.63, 3.8) is 0 Å². The van der Waals surface area contributed by atoms with Crippen molar-refractivity contribution in [2.75, 3.05) is 7.11 Å². The molecule has 1 aromatic rings. The molecule has 2 aliphatic heterocycles. The Balaban J connectivity index is 2.02. The van der Waals surface area contributed by atoms with Crippen LogP contribution in [0.3, 0.4) is 0 Å². The second-order valence-corrected chi connectivity index (χ2v) is 5.21. The van der Waals surface area contributed by atoms with E-state index in [4.69, 9.17) is 18.9 Å². The van der Waals surface area contributed by atoms with Crippen LogP contribution in [0, 0.1) is 0 Å². The van der Waals surface area contributed by atoms with Crippen LogP contribution >= 0.6 is 0 Å². The van der Waals surface area contributed by atoms with E-state index < -0.39 is 30.3 Å². The van der Waals surface area contributed by atoms with Crippen LogP contribution in [-0.2, 0) is 30.2 Å². The molecule has 0 aromatic carbocycles. The monoisotopic (exact) mass is 284 g/mol. The molecule has 0 radical (unpaired) electrons. The Morgan fingerprint density at radius 2 is 2.25 bits per heavy atom. The standard InChI is InChI=1S/C11H16N4O5/c1-11(2)19-9-8(18-5-16)6(17-3)4-7-12-13-14-15(7)10(9)20-11/h5-6,8-10H,4H2,1-3H3/t6-,8-,9+,10+/m1/s1. The van der Waals surface area contributed by atoms with Gasteiger partial charge in [-0.05, 0) is 24.3 Å². The fraction of sp³-hybridized carbons (Fsp3) is 0.818. The molecule has 0 aliphatic carbocycles. The van der Waals surface area contributed by atoms with Gasteiger partial charge in [-0.1, -0.05) is 0 Å². The number of nitrogens with zero attached hydrogens (tertiary/aromatic N) is 4. The lowest BCUT2D eigenvalue weighted by molar-refractivity contribution is -0.177. The van der Waals surface area contributed by atoms with Gasteiger partial charge in [0, 0.05) is 13.5 Å². The molecular formula is C11H16N4O5. The van der Waals surface area contributed by atoms with Crippen LogP contribution in [0.25, 0.3) is 0 Å². The zero-order valence-electron chi connectivity index (χ0n) is 11.4. The van der Waals surface area contributed by atoms with E-state index in [0.717, 1.165) is 0 Å². The van der Waals surface area contributed by atoms with Crippen LogP contribution < -0.4 is 0 Å². The van der Waals surface area contributed by atoms with Crippen molar-refractivity contribution in [1.29, 1.82) is 0 Å². The van der Waals surface area contributed by atoms with Crippen molar-refractivity contribution < 1.29 is 23.7 Å². The second-order valence-electron chi connectivity index (χ2n) is 5.21. The van der Waals surface area contributed by atoms with Gasteiger partial charge in [-0.15, -0.1) is 5.10 Å². The number of methoxy groups -OCH3 is 1. The molecule has 1 fully saturated rings. The highest BCUT2D eigenvalue weighted by atomic mass is 16.8. The van der Waals surface area contributed by atoms with Crippen LogP contribution in [0.4, 0.5) is 0 Å². The third-order valence-electron chi connectivity index (χ3n) is 3.50. The Morgan fingerprint density at radius 3 is 2.95 bits per heavy atom. The lowest BCUT2D eigenvalue weighted by Gasteiger charge is -2.27. The molecule has 0 N–H and O–H groups in total. The Bertz CT molecular complexity index is 505. The fourth-order valence-corrected chi connectivity index (χ4v) is 2.69. The van der Waals surface area contributed by atoms with Crippen molar-refractivity contribution in [3.8, 4) is 0 Å². The molecule has 9 heteroatoms. The van der Waals surface area contributed by atoms with Gasteiger partial charge in [-0.25, -0.2) is 0 Å². The van der Waals surface area contributed by atoms with E-state index >= 15 is 0 Å². The number of fused-ring (bicyclic) bond motifs is 3. The van der Waals surface area contributed by atoms with Crippen LogP contribution in [0.15, 0.2) is 0 Å². The van der Waals surface area contributed by atoms with Crippen molar-refractivity contribution in [1.82, 2.24) is 20.2 Å². The minimum Gasteiger partial charge on any atom is -0.459 e. The molecule has 4 atom stereocenters. The molecule has 0 unspecified atom stereocenters. The number of hydrogen-bond acceptors (Lipinski definition) is 8. The van der Waals surface area contributed by atoms with Crippen molar-refractivity contribution >= 4 is 6.47 Å². The molecule has 9 nitrogen and oxygen atoms in total. The predicted octanol–water partition coefficient (Wildman–Crippen LogP) is -0.564. The Hall–Kier alpha value is -1.58. The van der Waals surface area contributed by atoms with Gasteiger partial charge in [0.1, 0.15) is 12.2 Å². The Kier molecular flexibility index (Phi) is 3.19. The highest BCUT2D eigenvalue weighted by Crippen LogP contribution is 2.40. The molecule has 3 rings (SSSR count). The molecule has 1 aromatic heterocycles. The topological polar surface area (TPSA) is 97.6 Å². The lowest BCUT2D eigenvalue weighted by atomic mass is 10.1. The lowest BCUT2D eigenvalue weighted by Crippen LogP contribution is -2.43. The summed E-state index contributed by atoms with van der Waals surface area (Å²) in [5.41, 5.74) is 0. The van der Waals surface area contributed by atoms with Crippen molar-refractivity contribution in [2.24, 2.45) is 0 Å². The first-order chi connectivity index (χ1) is 9.55. The maximum Gasteiger partial charge on any atom is 0.293 e. The first kappa shape index (κ1) is 13.4. The average molecular weight is 284 g/mol. The minimum atomic E-state index is -0.821. The zero-order valence-corrected chi connectivity index (χ0v) is 11.4. The summed E-state index contributed by atoms with van der Waals surface area (Å²) < 4.78 is 23.8. The van der Waals surface area contributed by atoms with Gasteiger partial charge in [0.2, 0.25) is 0 Å². The molecule has 0 saturated carbocycles. The average Bonchev–Trinajstić information content (AvgIpc) is 2.94. The van der Waals surface area contributed by atoms with Gasteiger partial charge in [0.15, 0.2) is 23.9 Å². The number of aromatic nitrogens is 4. The van der Waals surface area contributed by atoms with Gasteiger partial charge in [0.05, 0.1) is 0 Å². The van der Waals surface area contributed by atoms with Crippen LogP contribution in [-0.4, -0.2) is 57.9 Å². The maximum absolute atomic E-state index is 10.8. The van der Waals surface area contributed by atoms with Gasteiger partial charge < -0.3 is 18.9 Å². The molecule has 0 bridgehead atoms. The second kappa shape index (κ2) is 4.76. The highest BCUT2D eigenvalue weighted by Gasteiger charge is 2.53. The smallest absolute Gasteiger partial charge is 0.293 e. The van der Waals surface area contributed by atoms with Crippen molar-refractivity contribution in [3.05, 3.63) is 5.82 Å². The van der Waals surface area contributed by atoms with E-state index in [0.29, 0.717) is 18.7 Å². The molecule has 0 amide bonds. The van der Waals surface area contributed by atoms with Crippen molar-refractivity contribution in [2.45, 2.75) is 50.6 Å². The minimum absolute atomic E-state index is 0.391. The van der Waals surface area contributed by atoms with Gasteiger partial charge in [-0.2, -0.15) is 4.68 Å². The summed E-state index contributed by atoms with van der Waals surface area (Å²) >= 11 is 0. The molecule has 20 heavy (non-hydrogen) atoms. The summed E-state index contributed by atoms with van der Waals surface area (Å²) in [5.74, 6) is -0.219.